The third-order valence-corrected chi connectivity index (χ3v) is 4.78. The summed E-state index contributed by atoms with van der Waals surface area (Å²) in [4.78, 5) is 16.3. The first kappa shape index (κ1) is 21.7. The fourth-order valence-electron chi connectivity index (χ4n) is 2.58. The normalized spacial score (nSPS) is 10.7. The Hall–Kier alpha value is -2.97. The van der Waals surface area contributed by atoms with Crippen LogP contribution in [0.25, 0.3) is 11.3 Å². The number of esters is 1. The van der Waals surface area contributed by atoms with Gasteiger partial charge in [0.15, 0.2) is 23.1 Å². The molecule has 0 amide bonds. The molecule has 0 radical (unpaired) electrons. The summed E-state index contributed by atoms with van der Waals surface area (Å²) in [6, 6.07) is 7.65. The van der Waals surface area contributed by atoms with Crippen LogP contribution in [0, 0.1) is 17.5 Å². The van der Waals surface area contributed by atoms with Gasteiger partial charge < -0.3 is 15.2 Å². The lowest BCUT2D eigenvalue weighted by molar-refractivity contribution is 0.0466. The monoisotopic (exact) mass is 456 g/mol. The topological polar surface area (TPSA) is 74.4 Å². The van der Waals surface area contributed by atoms with Crippen LogP contribution in [0.3, 0.4) is 0 Å². The van der Waals surface area contributed by atoms with Gasteiger partial charge in [-0.3, -0.25) is 0 Å². The molecule has 2 N–H and O–H groups in total. The number of halogens is 5. The average molecular weight is 457 g/mol. The maximum absolute atomic E-state index is 14.7. The van der Waals surface area contributed by atoms with E-state index in [1.807, 2.05) is 0 Å². The average Bonchev–Trinajstić information content (AvgIpc) is 2.73. The molecule has 3 aromatic rings. The second-order valence-electron chi connectivity index (χ2n) is 6.00. The summed E-state index contributed by atoms with van der Waals surface area (Å²) in [6.45, 7) is -0.229. The molecular weight excluding hydrogens is 444 g/mol. The minimum atomic E-state index is -1.13. The molecule has 156 valence electrons. The van der Waals surface area contributed by atoms with Gasteiger partial charge in [-0.2, -0.15) is 0 Å². The fourth-order valence-corrected chi connectivity index (χ4v) is 3.00. The highest BCUT2D eigenvalue weighted by molar-refractivity contribution is 6.36. The molecule has 3 rings (SSSR count). The van der Waals surface area contributed by atoms with Gasteiger partial charge in [-0.1, -0.05) is 35.3 Å². The Morgan fingerprint density at radius 3 is 2.37 bits per heavy atom. The third kappa shape index (κ3) is 4.15. The molecule has 0 spiro atoms. The molecule has 1 heterocycles. The van der Waals surface area contributed by atoms with Gasteiger partial charge in [-0.15, -0.1) is 0 Å². The number of carbonyl (C=O) groups is 1. The summed E-state index contributed by atoms with van der Waals surface area (Å²) in [6.07, 6.45) is 0. The van der Waals surface area contributed by atoms with E-state index in [-0.39, 0.29) is 22.9 Å². The number of anilines is 1. The third-order valence-electron chi connectivity index (χ3n) is 4.10. The van der Waals surface area contributed by atoms with Crippen molar-refractivity contribution in [1.29, 1.82) is 0 Å². The molecule has 1 aromatic heterocycles. The zero-order chi connectivity index (χ0) is 22.0. The number of benzene rings is 2. The predicted octanol–water partition coefficient (Wildman–Crippen LogP) is 5.42. The van der Waals surface area contributed by atoms with E-state index in [9.17, 15) is 18.0 Å². The molecule has 0 unspecified atom stereocenters. The van der Waals surface area contributed by atoms with Gasteiger partial charge in [0.25, 0.3) is 0 Å². The first-order valence-corrected chi connectivity index (χ1v) is 9.08. The molecule has 5 nitrogen and oxygen atoms in total. The van der Waals surface area contributed by atoms with Crippen LogP contribution >= 0.6 is 23.2 Å². The highest BCUT2D eigenvalue weighted by atomic mass is 35.5. The smallest absolute Gasteiger partial charge is 0.358 e. The number of hydrogen-bond donors (Lipinski definition) is 1. The Morgan fingerprint density at radius 1 is 1.07 bits per heavy atom. The van der Waals surface area contributed by atoms with Gasteiger partial charge in [-0.25, -0.2) is 22.9 Å². The zero-order valence-electron chi connectivity index (χ0n) is 15.3. The van der Waals surface area contributed by atoms with E-state index in [4.69, 9.17) is 38.4 Å². The van der Waals surface area contributed by atoms with Crippen LogP contribution in [-0.2, 0) is 11.3 Å². The van der Waals surface area contributed by atoms with Crippen molar-refractivity contribution in [2.24, 2.45) is 0 Å². The molecular formula is C20H13Cl2F3N2O3. The number of hydrogen-bond acceptors (Lipinski definition) is 5. The Kier molecular flexibility index (Phi) is 6.38. The quantitative estimate of drug-likeness (QED) is 0.518. The SMILES string of the molecule is COc1c(Cl)ccc(-c2nc(C(=O)OCc3ccc(F)cc3)c(Cl)c(N)c2F)c1F. The molecule has 0 aliphatic heterocycles. The maximum atomic E-state index is 14.7. The van der Waals surface area contributed by atoms with Gasteiger partial charge in [-0.05, 0) is 29.8 Å². The van der Waals surface area contributed by atoms with Crippen LogP contribution in [0.1, 0.15) is 16.1 Å². The minimum absolute atomic E-state index is 0.0416. The molecule has 0 saturated heterocycles. The van der Waals surface area contributed by atoms with Crippen LogP contribution in [0.2, 0.25) is 10.0 Å². The Labute approximate surface area is 179 Å². The first-order valence-electron chi connectivity index (χ1n) is 8.33. The Morgan fingerprint density at radius 2 is 1.73 bits per heavy atom. The highest BCUT2D eigenvalue weighted by Crippen LogP contribution is 2.38. The van der Waals surface area contributed by atoms with Crippen LogP contribution in [0.4, 0.5) is 18.9 Å². The van der Waals surface area contributed by atoms with E-state index in [1.54, 1.807) is 0 Å². The summed E-state index contributed by atoms with van der Waals surface area (Å²) in [7, 11) is 1.19. The second kappa shape index (κ2) is 8.81. The van der Waals surface area contributed by atoms with Crippen LogP contribution < -0.4 is 10.5 Å². The summed E-state index contributed by atoms with van der Waals surface area (Å²) < 4.78 is 52.4. The molecule has 0 saturated carbocycles. The molecule has 10 heteroatoms. The summed E-state index contributed by atoms with van der Waals surface area (Å²) >= 11 is 11.8. The first-order chi connectivity index (χ1) is 14.2. The van der Waals surface area contributed by atoms with Gasteiger partial charge in [0, 0.05) is 5.56 Å². The number of aromatic nitrogens is 1. The number of rotatable bonds is 5. The molecule has 2 aromatic carbocycles. The van der Waals surface area contributed by atoms with Crippen LogP contribution in [0.15, 0.2) is 36.4 Å². The zero-order valence-corrected chi connectivity index (χ0v) is 16.8. The van der Waals surface area contributed by atoms with Crippen molar-refractivity contribution >= 4 is 34.9 Å². The van der Waals surface area contributed by atoms with Crippen molar-refractivity contribution in [3.05, 3.63) is 75.2 Å². The summed E-state index contributed by atoms with van der Waals surface area (Å²) in [5, 5.41) is -0.526. The fraction of sp³-hybridized carbons (Fsp3) is 0.100. The lowest BCUT2D eigenvalue weighted by Gasteiger charge is -2.13. The van der Waals surface area contributed by atoms with Gasteiger partial charge >= 0.3 is 5.97 Å². The van der Waals surface area contributed by atoms with E-state index >= 15 is 0 Å². The lowest BCUT2D eigenvalue weighted by Crippen LogP contribution is -2.12. The van der Waals surface area contributed by atoms with Crippen molar-refractivity contribution in [2.45, 2.75) is 6.61 Å². The Bertz CT molecular complexity index is 1130. The molecule has 0 aliphatic rings. The number of nitrogens with zero attached hydrogens (tertiary/aromatic N) is 1. The molecule has 0 fully saturated rings. The van der Waals surface area contributed by atoms with Crippen molar-refractivity contribution in [3.8, 4) is 17.0 Å². The number of nitrogens with two attached hydrogens (primary N) is 1. The number of ether oxygens (including phenoxy) is 2. The number of methoxy groups -OCH3 is 1. The summed E-state index contributed by atoms with van der Waals surface area (Å²) in [5.41, 5.74) is 4.11. The largest absolute Gasteiger partial charge is 0.492 e. The van der Waals surface area contributed by atoms with E-state index in [1.165, 1.54) is 37.4 Å². The number of carbonyl (C=O) groups excluding carboxylic acids is 1. The van der Waals surface area contributed by atoms with Crippen LogP contribution in [-0.4, -0.2) is 18.1 Å². The van der Waals surface area contributed by atoms with Crippen molar-refractivity contribution < 1.29 is 27.4 Å². The number of nitrogen functional groups attached to an aromatic ring is 1. The van der Waals surface area contributed by atoms with Gasteiger partial charge in [0.1, 0.15) is 18.1 Å². The minimum Gasteiger partial charge on any atom is -0.492 e. The maximum Gasteiger partial charge on any atom is 0.358 e. The standard InChI is InChI=1S/C20H13Cl2F3N2O3/c1-29-19-12(21)7-6-11(14(19)24)17-15(25)16(26)13(22)18(27-17)20(28)30-8-9-2-4-10(23)5-3-9/h2-7H,8H2,1H3,(H2,26,27). The highest BCUT2D eigenvalue weighted by Gasteiger charge is 2.26. The second-order valence-corrected chi connectivity index (χ2v) is 6.78. The Balaban J connectivity index is 2.00. The van der Waals surface area contributed by atoms with Gasteiger partial charge in [0.05, 0.1) is 22.8 Å². The van der Waals surface area contributed by atoms with Crippen molar-refractivity contribution in [1.82, 2.24) is 4.98 Å². The lowest BCUT2D eigenvalue weighted by atomic mass is 10.1. The number of pyridine rings is 1. The van der Waals surface area contributed by atoms with Crippen molar-refractivity contribution in [3.63, 3.8) is 0 Å². The van der Waals surface area contributed by atoms with E-state index in [0.717, 1.165) is 6.07 Å². The predicted molar refractivity (Wildman–Crippen MR) is 106 cm³/mol. The molecule has 0 aliphatic carbocycles. The van der Waals surface area contributed by atoms with E-state index in [0.29, 0.717) is 5.56 Å². The van der Waals surface area contributed by atoms with E-state index < -0.39 is 45.5 Å². The van der Waals surface area contributed by atoms with Gasteiger partial charge in [0.2, 0.25) is 0 Å². The molecule has 30 heavy (non-hydrogen) atoms. The summed E-state index contributed by atoms with van der Waals surface area (Å²) in [5.74, 6) is -3.93. The van der Waals surface area contributed by atoms with Crippen molar-refractivity contribution in [2.75, 3.05) is 12.8 Å². The van der Waals surface area contributed by atoms with E-state index in [2.05, 4.69) is 4.98 Å². The molecule has 0 atom stereocenters. The van der Waals surface area contributed by atoms with Crippen LogP contribution in [0.5, 0.6) is 5.75 Å². The molecule has 0 bridgehead atoms.